The highest BCUT2D eigenvalue weighted by Crippen LogP contribution is 2.06. The van der Waals surface area contributed by atoms with Crippen LogP contribution in [0.25, 0.3) is 0 Å². The molecule has 0 saturated heterocycles. The Morgan fingerprint density at radius 3 is 2.62 bits per heavy atom. The van der Waals surface area contributed by atoms with Gasteiger partial charge in [0.1, 0.15) is 6.04 Å². The van der Waals surface area contributed by atoms with E-state index >= 15 is 0 Å². The molecule has 0 aliphatic carbocycles. The Kier molecular flexibility index (Phi) is 3.99. The van der Waals surface area contributed by atoms with Crippen molar-refractivity contribution in [3.05, 3.63) is 30.1 Å². The highest BCUT2D eigenvalue weighted by atomic mass is 16.4. The third-order valence-corrected chi connectivity index (χ3v) is 2.29. The van der Waals surface area contributed by atoms with Crippen LogP contribution in [0.15, 0.2) is 24.4 Å². The molecule has 1 rings (SSSR count). The summed E-state index contributed by atoms with van der Waals surface area (Å²) in [4.78, 5) is 27.5. The molecule has 1 amide bonds. The van der Waals surface area contributed by atoms with E-state index in [4.69, 9.17) is 5.11 Å². The molecule has 1 N–H and O–H groups in total. The Morgan fingerprint density at radius 2 is 2.19 bits per heavy atom. The molecule has 0 fully saturated rings. The number of amides is 1. The van der Waals surface area contributed by atoms with Crippen molar-refractivity contribution < 1.29 is 14.7 Å². The first-order valence-corrected chi connectivity index (χ1v) is 4.92. The van der Waals surface area contributed by atoms with Crippen molar-refractivity contribution in [3.8, 4) is 0 Å². The van der Waals surface area contributed by atoms with Gasteiger partial charge >= 0.3 is 5.97 Å². The molecule has 5 heteroatoms. The zero-order valence-corrected chi connectivity index (χ0v) is 9.25. The lowest BCUT2D eigenvalue weighted by molar-refractivity contribution is -0.149. The van der Waals surface area contributed by atoms with Gasteiger partial charge in [0.2, 0.25) is 5.91 Å². The lowest BCUT2D eigenvalue weighted by atomic mass is 10.2. The van der Waals surface area contributed by atoms with Crippen LogP contribution in [0, 0.1) is 0 Å². The van der Waals surface area contributed by atoms with Crippen LogP contribution in [-0.4, -0.2) is 32.9 Å². The van der Waals surface area contributed by atoms with Crippen molar-refractivity contribution in [2.75, 3.05) is 0 Å². The zero-order valence-electron chi connectivity index (χ0n) is 9.25. The predicted octanol–water partition coefficient (Wildman–Crippen LogP) is 0.903. The predicted molar refractivity (Wildman–Crippen MR) is 57.6 cm³/mol. The van der Waals surface area contributed by atoms with E-state index in [9.17, 15) is 9.59 Å². The van der Waals surface area contributed by atoms with E-state index < -0.39 is 12.0 Å². The molecule has 0 aliphatic heterocycles. The van der Waals surface area contributed by atoms with Gasteiger partial charge in [-0.15, -0.1) is 0 Å². The van der Waals surface area contributed by atoms with Gasteiger partial charge in [-0.05, 0) is 19.1 Å². The first kappa shape index (κ1) is 12.2. The minimum Gasteiger partial charge on any atom is -0.480 e. The second kappa shape index (κ2) is 5.25. The molecule has 1 unspecified atom stereocenters. The van der Waals surface area contributed by atoms with Crippen LogP contribution in [0.1, 0.15) is 19.5 Å². The molecule has 0 aromatic carbocycles. The van der Waals surface area contributed by atoms with E-state index in [1.54, 1.807) is 24.4 Å². The Hall–Kier alpha value is -1.91. The topological polar surface area (TPSA) is 70.5 Å². The van der Waals surface area contributed by atoms with E-state index in [2.05, 4.69) is 4.98 Å². The van der Waals surface area contributed by atoms with Gasteiger partial charge in [-0.1, -0.05) is 6.07 Å². The Morgan fingerprint density at radius 1 is 1.50 bits per heavy atom. The van der Waals surface area contributed by atoms with Gasteiger partial charge in [-0.25, -0.2) is 4.79 Å². The van der Waals surface area contributed by atoms with Crippen molar-refractivity contribution in [1.29, 1.82) is 0 Å². The van der Waals surface area contributed by atoms with E-state index in [0.29, 0.717) is 5.69 Å². The highest BCUT2D eigenvalue weighted by molar-refractivity contribution is 5.81. The number of pyridine rings is 1. The number of carboxylic acid groups (broad SMARTS) is 1. The number of carbonyl (C=O) groups is 2. The van der Waals surface area contributed by atoms with Crippen LogP contribution in [-0.2, 0) is 16.1 Å². The lowest BCUT2D eigenvalue weighted by Gasteiger charge is -2.24. The molecule has 86 valence electrons. The summed E-state index contributed by atoms with van der Waals surface area (Å²) in [5.74, 6) is -1.30. The molecule has 0 radical (unpaired) electrons. The van der Waals surface area contributed by atoms with Crippen LogP contribution in [0.3, 0.4) is 0 Å². The largest absolute Gasteiger partial charge is 0.480 e. The monoisotopic (exact) mass is 222 g/mol. The maximum absolute atomic E-state index is 11.3. The fraction of sp³-hybridized carbons (Fsp3) is 0.364. The van der Waals surface area contributed by atoms with Gasteiger partial charge in [0, 0.05) is 13.1 Å². The average molecular weight is 222 g/mol. The number of carboxylic acids is 1. The van der Waals surface area contributed by atoms with E-state index in [0.717, 1.165) is 0 Å². The molecular formula is C11H14N2O3. The zero-order chi connectivity index (χ0) is 12.1. The van der Waals surface area contributed by atoms with Crippen LogP contribution >= 0.6 is 0 Å². The Balaban J connectivity index is 2.81. The SMILES string of the molecule is CC(=O)N(Cc1ccccn1)C(C)C(=O)O. The van der Waals surface area contributed by atoms with Gasteiger partial charge < -0.3 is 10.0 Å². The molecule has 0 spiro atoms. The molecule has 0 bridgehead atoms. The number of aliphatic carboxylic acids is 1. The van der Waals surface area contributed by atoms with Crippen molar-refractivity contribution in [3.63, 3.8) is 0 Å². The maximum Gasteiger partial charge on any atom is 0.326 e. The molecule has 1 aromatic rings. The van der Waals surface area contributed by atoms with Gasteiger partial charge in [-0.3, -0.25) is 9.78 Å². The van der Waals surface area contributed by atoms with Gasteiger partial charge in [0.15, 0.2) is 0 Å². The number of hydrogen-bond donors (Lipinski definition) is 1. The van der Waals surface area contributed by atoms with Crippen molar-refractivity contribution >= 4 is 11.9 Å². The molecule has 1 aromatic heterocycles. The van der Waals surface area contributed by atoms with Crippen LogP contribution in [0.4, 0.5) is 0 Å². The summed E-state index contributed by atoms with van der Waals surface area (Å²) in [5.41, 5.74) is 0.672. The first-order valence-electron chi connectivity index (χ1n) is 4.92. The summed E-state index contributed by atoms with van der Waals surface area (Å²) in [6.07, 6.45) is 1.61. The third-order valence-electron chi connectivity index (χ3n) is 2.29. The van der Waals surface area contributed by atoms with E-state index in [1.165, 1.54) is 18.7 Å². The number of nitrogens with zero attached hydrogens (tertiary/aromatic N) is 2. The fourth-order valence-corrected chi connectivity index (χ4v) is 1.32. The first-order chi connectivity index (χ1) is 7.52. The summed E-state index contributed by atoms with van der Waals surface area (Å²) in [6.45, 7) is 3.04. The number of carbonyl (C=O) groups excluding carboxylic acids is 1. The minimum atomic E-state index is -1.02. The van der Waals surface area contributed by atoms with Crippen LogP contribution < -0.4 is 0 Å². The normalized spacial score (nSPS) is 11.9. The summed E-state index contributed by atoms with van der Waals surface area (Å²) < 4.78 is 0. The third kappa shape index (κ3) is 3.05. The molecule has 1 heterocycles. The van der Waals surface area contributed by atoms with Crippen molar-refractivity contribution in [1.82, 2.24) is 9.88 Å². The maximum atomic E-state index is 11.3. The Bertz CT molecular complexity index is 378. The van der Waals surface area contributed by atoms with Crippen molar-refractivity contribution in [2.45, 2.75) is 26.4 Å². The summed E-state index contributed by atoms with van der Waals surface area (Å²) in [6, 6.07) is 4.47. The van der Waals surface area contributed by atoms with Crippen molar-refractivity contribution in [2.24, 2.45) is 0 Å². The molecule has 0 aliphatic rings. The average Bonchev–Trinajstić information content (AvgIpc) is 2.26. The number of hydrogen-bond acceptors (Lipinski definition) is 3. The smallest absolute Gasteiger partial charge is 0.326 e. The van der Waals surface area contributed by atoms with Crippen LogP contribution in [0.2, 0.25) is 0 Å². The van der Waals surface area contributed by atoms with Crippen LogP contribution in [0.5, 0.6) is 0 Å². The van der Waals surface area contributed by atoms with Gasteiger partial charge in [0.25, 0.3) is 0 Å². The molecule has 16 heavy (non-hydrogen) atoms. The van der Waals surface area contributed by atoms with E-state index in [-0.39, 0.29) is 12.5 Å². The summed E-state index contributed by atoms with van der Waals surface area (Å²) >= 11 is 0. The van der Waals surface area contributed by atoms with Gasteiger partial charge in [0.05, 0.1) is 12.2 Å². The summed E-state index contributed by atoms with van der Waals surface area (Å²) in [7, 11) is 0. The standard InChI is InChI=1S/C11H14N2O3/c1-8(11(15)16)13(9(2)14)7-10-5-3-4-6-12-10/h3-6,8H,7H2,1-2H3,(H,15,16). The molecular weight excluding hydrogens is 208 g/mol. The molecule has 1 atom stereocenters. The Labute approximate surface area is 93.7 Å². The number of aromatic nitrogens is 1. The summed E-state index contributed by atoms with van der Waals surface area (Å²) in [5, 5.41) is 8.87. The fourth-order valence-electron chi connectivity index (χ4n) is 1.32. The van der Waals surface area contributed by atoms with Gasteiger partial charge in [-0.2, -0.15) is 0 Å². The van der Waals surface area contributed by atoms with E-state index in [1.807, 2.05) is 0 Å². The minimum absolute atomic E-state index is 0.212. The second-order valence-electron chi connectivity index (χ2n) is 3.48. The molecule has 0 saturated carbocycles. The molecule has 5 nitrogen and oxygen atoms in total. The highest BCUT2D eigenvalue weighted by Gasteiger charge is 2.23. The lowest BCUT2D eigenvalue weighted by Crippen LogP contribution is -2.41. The number of rotatable bonds is 4. The quantitative estimate of drug-likeness (QED) is 0.821. The second-order valence-corrected chi connectivity index (χ2v) is 3.48.